The summed E-state index contributed by atoms with van der Waals surface area (Å²) in [6.45, 7) is 1.75. The number of hydrogen-bond donors (Lipinski definition) is 1. The molecule has 1 N–H and O–H groups in total. The summed E-state index contributed by atoms with van der Waals surface area (Å²) in [4.78, 5) is 15.3. The van der Waals surface area contributed by atoms with Crippen LogP contribution in [0.5, 0.6) is 0 Å². The van der Waals surface area contributed by atoms with Crippen LogP contribution in [-0.2, 0) is 14.8 Å². The molecule has 0 saturated carbocycles. The van der Waals surface area contributed by atoms with Gasteiger partial charge in [0.05, 0.1) is 10.6 Å². The predicted octanol–water partition coefficient (Wildman–Crippen LogP) is 4.88. The van der Waals surface area contributed by atoms with Crippen molar-refractivity contribution in [1.29, 1.82) is 0 Å². The Hall–Kier alpha value is -2.84. The Balaban J connectivity index is 1.54. The summed E-state index contributed by atoms with van der Waals surface area (Å²) < 4.78 is 28.6. The summed E-state index contributed by atoms with van der Waals surface area (Å²) in [6.07, 6.45) is 2.39. The Morgan fingerprint density at radius 2 is 1.53 bits per heavy atom. The van der Waals surface area contributed by atoms with E-state index in [0.29, 0.717) is 11.4 Å². The molecule has 32 heavy (non-hydrogen) atoms. The van der Waals surface area contributed by atoms with Crippen LogP contribution in [0, 0.1) is 0 Å². The second-order valence-electron chi connectivity index (χ2n) is 7.59. The topological polar surface area (TPSA) is 69.7 Å². The third-order valence-electron chi connectivity index (χ3n) is 5.36. The molecule has 1 fully saturated rings. The van der Waals surface area contributed by atoms with Crippen molar-refractivity contribution in [2.75, 3.05) is 34.2 Å². The van der Waals surface area contributed by atoms with Gasteiger partial charge < -0.3 is 10.2 Å². The quantitative estimate of drug-likeness (QED) is 0.488. The SMILES string of the molecule is O=C(CN(c1ccc(Br)cc1)S(=O)(=O)c1ccccc1)Nc1ccc(N2CCCC2)cc1. The van der Waals surface area contributed by atoms with Crippen LogP contribution >= 0.6 is 15.9 Å². The Kier molecular flexibility index (Phi) is 6.81. The molecule has 0 aliphatic carbocycles. The molecule has 0 bridgehead atoms. The molecular weight excluding hydrogens is 490 g/mol. The van der Waals surface area contributed by atoms with E-state index in [9.17, 15) is 13.2 Å². The Labute approximate surface area is 197 Å². The molecular formula is C24H24BrN3O3S. The van der Waals surface area contributed by atoms with Crippen molar-refractivity contribution in [3.8, 4) is 0 Å². The van der Waals surface area contributed by atoms with Gasteiger partial charge >= 0.3 is 0 Å². The summed E-state index contributed by atoms with van der Waals surface area (Å²) >= 11 is 3.36. The second-order valence-corrected chi connectivity index (χ2v) is 10.4. The van der Waals surface area contributed by atoms with Gasteiger partial charge in [-0.15, -0.1) is 0 Å². The molecule has 1 aliphatic rings. The summed E-state index contributed by atoms with van der Waals surface area (Å²) in [5.41, 5.74) is 2.17. The summed E-state index contributed by atoms with van der Waals surface area (Å²) in [5.74, 6) is -0.415. The lowest BCUT2D eigenvalue weighted by Crippen LogP contribution is -2.38. The number of hydrogen-bond acceptors (Lipinski definition) is 4. The lowest BCUT2D eigenvalue weighted by molar-refractivity contribution is -0.114. The molecule has 3 aromatic rings. The average Bonchev–Trinajstić information content (AvgIpc) is 3.34. The number of nitrogens with zero attached hydrogens (tertiary/aromatic N) is 2. The van der Waals surface area contributed by atoms with Crippen molar-refractivity contribution in [2.45, 2.75) is 17.7 Å². The molecule has 0 spiro atoms. The van der Waals surface area contributed by atoms with E-state index in [1.54, 1.807) is 42.5 Å². The third kappa shape index (κ3) is 5.14. The van der Waals surface area contributed by atoms with Crippen molar-refractivity contribution in [1.82, 2.24) is 0 Å². The van der Waals surface area contributed by atoms with E-state index in [4.69, 9.17) is 0 Å². The van der Waals surface area contributed by atoms with Crippen LogP contribution in [0.4, 0.5) is 17.1 Å². The van der Waals surface area contributed by atoms with Gasteiger partial charge in [0.15, 0.2) is 0 Å². The van der Waals surface area contributed by atoms with Crippen LogP contribution in [0.3, 0.4) is 0 Å². The fraction of sp³-hybridized carbons (Fsp3) is 0.208. The Morgan fingerprint density at radius 1 is 0.906 bits per heavy atom. The molecule has 1 amide bonds. The lowest BCUT2D eigenvalue weighted by Gasteiger charge is -2.24. The van der Waals surface area contributed by atoms with Gasteiger partial charge in [0, 0.05) is 28.9 Å². The first-order valence-corrected chi connectivity index (χ1v) is 12.6. The first-order valence-electron chi connectivity index (χ1n) is 10.4. The number of halogens is 1. The van der Waals surface area contributed by atoms with E-state index in [1.165, 1.54) is 25.0 Å². The van der Waals surface area contributed by atoms with Crippen LogP contribution in [0.15, 0.2) is 88.2 Å². The molecule has 0 unspecified atom stereocenters. The standard InChI is InChI=1S/C24H24BrN3O3S/c25-19-8-12-22(13-9-19)28(32(30,31)23-6-2-1-3-7-23)18-24(29)26-20-10-14-21(15-11-20)27-16-4-5-17-27/h1-3,6-15H,4-5,16-18H2,(H,26,29). The Morgan fingerprint density at radius 3 is 2.16 bits per heavy atom. The minimum absolute atomic E-state index is 0.130. The van der Waals surface area contributed by atoms with Gasteiger partial charge in [0.25, 0.3) is 10.0 Å². The maximum atomic E-state index is 13.3. The van der Waals surface area contributed by atoms with Crippen LogP contribution in [0.2, 0.25) is 0 Å². The van der Waals surface area contributed by atoms with Gasteiger partial charge in [-0.05, 0) is 73.5 Å². The van der Waals surface area contributed by atoms with E-state index in [2.05, 4.69) is 26.1 Å². The number of carbonyl (C=O) groups is 1. The average molecular weight is 514 g/mol. The third-order valence-corrected chi connectivity index (χ3v) is 7.67. The van der Waals surface area contributed by atoms with Gasteiger partial charge in [-0.1, -0.05) is 34.1 Å². The van der Waals surface area contributed by atoms with Crippen LogP contribution in [0.1, 0.15) is 12.8 Å². The second kappa shape index (κ2) is 9.75. The molecule has 166 valence electrons. The van der Waals surface area contributed by atoms with Crippen molar-refractivity contribution in [3.05, 3.63) is 83.3 Å². The van der Waals surface area contributed by atoms with Gasteiger partial charge in [-0.3, -0.25) is 9.10 Å². The highest BCUT2D eigenvalue weighted by atomic mass is 79.9. The minimum Gasteiger partial charge on any atom is -0.372 e. The number of sulfonamides is 1. The summed E-state index contributed by atoms with van der Waals surface area (Å²) in [6, 6.07) is 22.6. The lowest BCUT2D eigenvalue weighted by atomic mass is 10.2. The van der Waals surface area contributed by atoms with Crippen LogP contribution < -0.4 is 14.5 Å². The zero-order valence-electron chi connectivity index (χ0n) is 17.4. The fourth-order valence-electron chi connectivity index (χ4n) is 3.70. The van der Waals surface area contributed by atoms with Crippen molar-refractivity contribution in [3.63, 3.8) is 0 Å². The highest BCUT2D eigenvalue weighted by Crippen LogP contribution is 2.26. The molecule has 4 rings (SSSR count). The largest absolute Gasteiger partial charge is 0.372 e. The zero-order valence-corrected chi connectivity index (χ0v) is 19.8. The molecule has 0 radical (unpaired) electrons. The summed E-state index contributed by atoms with van der Waals surface area (Å²) in [7, 11) is -3.92. The van der Waals surface area contributed by atoms with Crippen molar-refractivity contribution in [2.24, 2.45) is 0 Å². The Bertz CT molecular complexity index is 1160. The first-order chi connectivity index (χ1) is 15.4. The number of nitrogens with one attached hydrogen (secondary N) is 1. The normalized spacial score (nSPS) is 13.7. The van der Waals surface area contributed by atoms with E-state index in [0.717, 1.165) is 27.6 Å². The van der Waals surface area contributed by atoms with E-state index in [1.807, 2.05) is 24.3 Å². The molecule has 0 atom stereocenters. The van der Waals surface area contributed by atoms with Crippen LogP contribution in [0.25, 0.3) is 0 Å². The number of carbonyl (C=O) groups excluding carboxylic acids is 1. The van der Waals surface area contributed by atoms with Gasteiger partial charge in [-0.2, -0.15) is 0 Å². The van der Waals surface area contributed by atoms with Crippen molar-refractivity contribution >= 4 is 48.9 Å². The molecule has 6 nitrogen and oxygen atoms in total. The molecule has 0 aromatic heterocycles. The molecule has 1 aliphatic heterocycles. The monoisotopic (exact) mass is 513 g/mol. The number of rotatable bonds is 7. The summed E-state index contributed by atoms with van der Waals surface area (Å²) in [5, 5.41) is 2.82. The number of amides is 1. The van der Waals surface area contributed by atoms with E-state index < -0.39 is 15.9 Å². The number of benzene rings is 3. The van der Waals surface area contributed by atoms with E-state index >= 15 is 0 Å². The maximum Gasteiger partial charge on any atom is 0.264 e. The number of anilines is 3. The highest BCUT2D eigenvalue weighted by Gasteiger charge is 2.27. The van der Waals surface area contributed by atoms with Gasteiger partial charge in [-0.25, -0.2) is 8.42 Å². The first kappa shape index (κ1) is 22.4. The molecule has 8 heteroatoms. The zero-order chi connectivity index (χ0) is 22.6. The molecule has 1 heterocycles. The maximum absolute atomic E-state index is 13.3. The minimum atomic E-state index is -3.92. The highest BCUT2D eigenvalue weighted by molar-refractivity contribution is 9.10. The van der Waals surface area contributed by atoms with Gasteiger partial charge in [0.1, 0.15) is 6.54 Å². The molecule has 1 saturated heterocycles. The molecule has 3 aromatic carbocycles. The van der Waals surface area contributed by atoms with Crippen LogP contribution in [-0.4, -0.2) is 34.0 Å². The smallest absolute Gasteiger partial charge is 0.264 e. The predicted molar refractivity (Wildman–Crippen MR) is 132 cm³/mol. The van der Waals surface area contributed by atoms with E-state index in [-0.39, 0.29) is 11.4 Å². The van der Waals surface area contributed by atoms with Crippen molar-refractivity contribution < 1.29 is 13.2 Å². The fourth-order valence-corrected chi connectivity index (χ4v) is 5.41. The van der Waals surface area contributed by atoms with Gasteiger partial charge in [0.2, 0.25) is 5.91 Å².